The molecular formula is C34H36ClN5O2S. The Labute approximate surface area is 263 Å². The van der Waals surface area contributed by atoms with Crippen LogP contribution >= 0.6 is 23.8 Å². The first kappa shape index (κ1) is 29.2. The highest BCUT2D eigenvalue weighted by Gasteiger charge is 2.42. The second-order valence-electron chi connectivity index (χ2n) is 12.0. The van der Waals surface area contributed by atoms with Crippen LogP contribution in [0.25, 0.3) is 5.69 Å². The summed E-state index contributed by atoms with van der Waals surface area (Å²) in [7, 11) is 0. The van der Waals surface area contributed by atoms with Crippen LogP contribution in [0, 0.1) is 25.7 Å². The van der Waals surface area contributed by atoms with Crippen molar-refractivity contribution in [1.82, 2.24) is 14.9 Å². The van der Waals surface area contributed by atoms with Crippen LogP contribution in [0.15, 0.2) is 72.9 Å². The topological polar surface area (TPSA) is 73.6 Å². The van der Waals surface area contributed by atoms with Gasteiger partial charge >= 0.3 is 5.97 Å². The fourth-order valence-corrected chi connectivity index (χ4v) is 7.59. The number of thiocarbonyl (C=S) groups is 1. The van der Waals surface area contributed by atoms with E-state index in [0.29, 0.717) is 22.0 Å². The van der Waals surface area contributed by atoms with E-state index in [1.807, 2.05) is 36.4 Å². The standard InChI is InChI=1S/C34H36ClN5O2S/c1-20-15-21(2)19-38(18-20)30-13-12-26(17-28(30)35)40-32(31(37-34(40)43)29-7-5-6-14-36-29)27-16-22(3)39(23(27)4)25-10-8-24(9-11-25)33(41)42/h5-14,16-17,20-21,31-32H,15,18-19H2,1-4H3,(H,37,43)(H,41,42)/t20-,21-,31-,32+/m0/s1. The van der Waals surface area contributed by atoms with E-state index < -0.39 is 5.97 Å². The monoisotopic (exact) mass is 613 g/mol. The summed E-state index contributed by atoms with van der Waals surface area (Å²) in [5.74, 6) is 0.296. The summed E-state index contributed by atoms with van der Waals surface area (Å²) in [6.45, 7) is 10.8. The number of nitrogens with zero attached hydrogens (tertiary/aromatic N) is 4. The maximum Gasteiger partial charge on any atom is 0.335 e. The highest BCUT2D eigenvalue weighted by Crippen LogP contribution is 2.45. The second kappa shape index (κ2) is 11.7. The van der Waals surface area contributed by atoms with E-state index in [-0.39, 0.29) is 17.6 Å². The van der Waals surface area contributed by atoms with Crippen LogP contribution < -0.4 is 15.1 Å². The van der Waals surface area contributed by atoms with Gasteiger partial charge in [0, 0.05) is 42.0 Å². The molecule has 2 aliphatic heterocycles. The largest absolute Gasteiger partial charge is 0.478 e. The second-order valence-corrected chi connectivity index (χ2v) is 12.8. The van der Waals surface area contributed by atoms with Crippen molar-refractivity contribution < 1.29 is 9.90 Å². The fraction of sp³-hybridized carbons (Fsp3) is 0.324. The zero-order valence-electron chi connectivity index (χ0n) is 24.8. The molecule has 43 heavy (non-hydrogen) atoms. The molecule has 0 unspecified atom stereocenters. The number of pyridine rings is 1. The number of carbonyl (C=O) groups is 1. The van der Waals surface area contributed by atoms with Crippen molar-refractivity contribution in [2.75, 3.05) is 22.9 Å². The number of carboxylic acids is 1. The van der Waals surface area contributed by atoms with Crippen LogP contribution in [-0.4, -0.2) is 38.8 Å². The minimum Gasteiger partial charge on any atom is -0.478 e. The van der Waals surface area contributed by atoms with Crippen LogP contribution in [0.4, 0.5) is 11.4 Å². The minimum absolute atomic E-state index is 0.195. The molecule has 2 aromatic heterocycles. The average Bonchev–Trinajstić information content (AvgIpc) is 3.47. The lowest BCUT2D eigenvalue weighted by Gasteiger charge is -2.37. The molecule has 4 aromatic rings. The van der Waals surface area contributed by atoms with Crippen molar-refractivity contribution in [1.29, 1.82) is 0 Å². The molecular weight excluding hydrogens is 578 g/mol. The Morgan fingerprint density at radius 3 is 2.33 bits per heavy atom. The highest BCUT2D eigenvalue weighted by atomic mass is 35.5. The smallest absolute Gasteiger partial charge is 0.335 e. The zero-order valence-corrected chi connectivity index (χ0v) is 26.4. The molecule has 0 saturated carbocycles. The average molecular weight is 614 g/mol. The number of rotatable bonds is 6. The van der Waals surface area contributed by atoms with Gasteiger partial charge in [0.2, 0.25) is 0 Å². The van der Waals surface area contributed by atoms with Gasteiger partial charge in [0.25, 0.3) is 0 Å². The number of hydrogen-bond donors (Lipinski definition) is 2. The zero-order chi connectivity index (χ0) is 30.4. The van der Waals surface area contributed by atoms with E-state index in [2.05, 4.69) is 65.6 Å². The van der Waals surface area contributed by atoms with E-state index in [4.69, 9.17) is 28.8 Å². The molecule has 2 N–H and O–H groups in total. The summed E-state index contributed by atoms with van der Waals surface area (Å²) in [5, 5.41) is 14.3. The Bertz CT molecular complexity index is 1660. The summed E-state index contributed by atoms with van der Waals surface area (Å²) in [6, 6.07) is 21.0. The normalized spacial score (nSPS) is 22.1. The first-order chi connectivity index (χ1) is 20.6. The number of aromatic nitrogens is 2. The first-order valence-electron chi connectivity index (χ1n) is 14.7. The highest BCUT2D eigenvalue weighted by molar-refractivity contribution is 7.80. The Balaban J connectivity index is 1.43. The third kappa shape index (κ3) is 5.50. The molecule has 222 valence electrons. The number of nitrogens with one attached hydrogen (secondary N) is 1. The lowest BCUT2D eigenvalue weighted by molar-refractivity contribution is 0.0697. The molecule has 0 aliphatic carbocycles. The van der Waals surface area contributed by atoms with Crippen molar-refractivity contribution in [2.45, 2.75) is 46.2 Å². The van der Waals surface area contributed by atoms with Crippen LogP contribution in [0.5, 0.6) is 0 Å². The van der Waals surface area contributed by atoms with Gasteiger partial charge in [0.1, 0.15) is 0 Å². The van der Waals surface area contributed by atoms with Crippen LogP contribution in [0.1, 0.15) is 65.4 Å². The molecule has 9 heteroatoms. The summed E-state index contributed by atoms with van der Waals surface area (Å²) in [4.78, 5) is 20.7. The summed E-state index contributed by atoms with van der Waals surface area (Å²) < 4.78 is 2.16. The first-order valence-corrected chi connectivity index (χ1v) is 15.5. The quantitative estimate of drug-likeness (QED) is 0.218. The number of piperidine rings is 1. The molecule has 0 radical (unpaired) electrons. The molecule has 2 saturated heterocycles. The van der Waals surface area contributed by atoms with Crippen molar-refractivity contribution in [2.24, 2.45) is 11.8 Å². The third-order valence-electron chi connectivity index (χ3n) is 8.68. The lowest BCUT2D eigenvalue weighted by atomic mass is 9.91. The van der Waals surface area contributed by atoms with Crippen LogP contribution in [0.3, 0.4) is 0 Å². The van der Waals surface area contributed by atoms with Gasteiger partial charge in [-0.1, -0.05) is 31.5 Å². The SMILES string of the molecule is Cc1cc([C@@H]2[C@H](c3ccccn3)NC(=S)N2c2ccc(N3C[C@@H](C)C[C@H](C)C3)c(Cl)c2)c(C)n1-c1ccc(C(=O)O)cc1. The summed E-state index contributed by atoms with van der Waals surface area (Å²) in [5.41, 5.74) is 7.21. The Morgan fingerprint density at radius 1 is 1.00 bits per heavy atom. The summed E-state index contributed by atoms with van der Waals surface area (Å²) >= 11 is 13.0. The number of aromatic carboxylic acids is 1. The lowest BCUT2D eigenvalue weighted by Crippen LogP contribution is -2.38. The number of benzene rings is 2. The Hall–Kier alpha value is -3.88. The predicted molar refractivity (Wildman–Crippen MR) is 177 cm³/mol. The van der Waals surface area contributed by atoms with Crippen LogP contribution in [0.2, 0.25) is 5.02 Å². The summed E-state index contributed by atoms with van der Waals surface area (Å²) in [6.07, 6.45) is 3.04. The molecule has 7 nitrogen and oxygen atoms in total. The van der Waals surface area contributed by atoms with Crippen molar-refractivity contribution in [3.05, 3.63) is 106 Å². The van der Waals surface area contributed by atoms with E-state index in [9.17, 15) is 9.90 Å². The van der Waals surface area contributed by atoms with E-state index in [1.54, 1.807) is 18.3 Å². The number of hydrogen-bond acceptors (Lipinski definition) is 4. The van der Waals surface area contributed by atoms with Gasteiger partial charge in [-0.3, -0.25) is 4.98 Å². The van der Waals surface area contributed by atoms with Crippen LogP contribution in [-0.2, 0) is 0 Å². The van der Waals surface area contributed by atoms with Crippen molar-refractivity contribution in [3.63, 3.8) is 0 Å². The van der Waals surface area contributed by atoms with Gasteiger partial charge in [-0.15, -0.1) is 0 Å². The molecule has 6 rings (SSSR count). The number of anilines is 2. The third-order valence-corrected chi connectivity index (χ3v) is 9.30. The Kier molecular flexibility index (Phi) is 7.92. The van der Waals surface area contributed by atoms with Gasteiger partial charge in [-0.05, 0) is 111 Å². The predicted octanol–water partition coefficient (Wildman–Crippen LogP) is 7.50. The molecule has 2 aliphatic rings. The van der Waals surface area contributed by atoms with Gasteiger partial charge in [-0.2, -0.15) is 0 Å². The van der Waals surface area contributed by atoms with Gasteiger partial charge in [0.15, 0.2) is 5.11 Å². The van der Waals surface area contributed by atoms with Gasteiger partial charge in [-0.25, -0.2) is 4.79 Å². The fourth-order valence-electron chi connectivity index (χ4n) is 6.95. The molecule has 4 heterocycles. The van der Waals surface area contributed by atoms with Crippen molar-refractivity contribution in [3.8, 4) is 5.69 Å². The maximum absolute atomic E-state index is 11.4. The minimum atomic E-state index is -0.943. The molecule has 4 atom stereocenters. The molecule has 0 bridgehead atoms. The molecule has 2 aromatic carbocycles. The van der Waals surface area contributed by atoms with E-state index >= 15 is 0 Å². The maximum atomic E-state index is 11.4. The number of carboxylic acid groups (broad SMARTS) is 1. The van der Waals surface area contributed by atoms with Gasteiger partial charge < -0.3 is 24.8 Å². The van der Waals surface area contributed by atoms with Gasteiger partial charge in [0.05, 0.1) is 34.1 Å². The van der Waals surface area contributed by atoms with Crippen molar-refractivity contribution >= 4 is 46.3 Å². The molecule has 2 fully saturated rings. The Morgan fingerprint density at radius 2 is 1.70 bits per heavy atom. The molecule has 0 spiro atoms. The van der Waals surface area contributed by atoms with E-state index in [1.165, 1.54) is 6.42 Å². The number of halogens is 1. The number of aryl methyl sites for hydroxylation is 1. The van der Waals surface area contributed by atoms with E-state index in [0.717, 1.165) is 52.8 Å². The molecule has 0 amide bonds.